The van der Waals surface area contributed by atoms with Gasteiger partial charge in [-0.15, -0.1) is 23.1 Å². The monoisotopic (exact) mass is 456 g/mol. The topological polar surface area (TPSA) is 84.0 Å². The Bertz CT molecular complexity index is 1140. The molecule has 0 saturated heterocycles. The lowest BCUT2D eigenvalue weighted by atomic mass is 10.1. The van der Waals surface area contributed by atoms with Gasteiger partial charge in [-0.25, -0.2) is 8.42 Å². The number of benzene rings is 2. The first-order chi connectivity index (χ1) is 12.7. The van der Waals surface area contributed by atoms with Crippen LogP contribution in [0.1, 0.15) is 4.88 Å². The third-order valence-corrected chi connectivity index (χ3v) is 8.69. The minimum atomic E-state index is -3.79. The Morgan fingerprint density at radius 2 is 1.89 bits per heavy atom. The summed E-state index contributed by atoms with van der Waals surface area (Å²) in [4.78, 5) is 0.714. The molecule has 0 spiro atoms. The van der Waals surface area contributed by atoms with Crippen LogP contribution in [0.15, 0.2) is 62.5 Å². The number of halogens is 2. The Labute approximate surface area is 175 Å². The summed E-state index contributed by atoms with van der Waals surface area (Å²) in [5, 5.41) is 8.57. The zero-order chi connectivity index (χ0) is 19.8. The van der Waals surface area contributed by atoms with Crippen molar-refractivity contribution in [3.8, 4) is 11.1 Å². The van der Waals surface area contributed by atoms with Crippen LogP contribution in [0.4, 0.5) is 0 Å². The highest BCUT2D eigenvalue weighted by atomic mass is 35.5. The number of amidine groups is 1. The molecule has 0 aliphatic rings. The van der Waals surface area contributed by atoms with Crippen LogP contribution in [0.2, 0.25) is 10.0 Å². The van der Waals surface area contributed by atoms with Gasteiger partial charge >= 0.3 is 0 Å². The molecule has 0 atom stereocenters. The molecule has 3 N–H and O–H groups in total. The Kier molecular flexibility index (Phi) is 5.88. The number of nitrogens with two attached hydrogens (primary N) is 1. The number of nitrogens with one attached hydrogen (secondary N) is 1. The van der Waals surface area contributed by atoms with Crippen LogP contribution < -0.4 is 5.73 Å². The number of hydrogen-bond acceptors (Lipinski definition) is 5. The average molecular weight is 457 g/mol. The summed E-state index contributed by atoms with van der Waals surface area (Å²) in [6.07, 6.45) is 1.79. The quantitative estimate of drug-likeness (QED) is 0.299. The fraction of sp³-hybridized carbons (Fsp3) is 0.0556. The molecular weight excluding hydrogens is 443 g/mol. The summed E-state index contributed by atoms with van der Waals surface area (Å²) < 4.78 is 27.0. The number of hydrogen-bond donors (Lipinski definition) is 2. The van der Waals surface area contributed by atoms with E-state index in [9.17, 15) is 8.42 Å². The van der Waals surface area contributed by atoms with Gasteiger partial charge in [0.15, 0.2) is 0 Å². The molecule has 0 unspecified atom stereocenters. The van der Waals surface area contributed by atoms with Crippen molar-refractivity contribution in [2.75, 3.05) is 6.26 Å². The van der Waals surface area contributed by atoms with Gasteiger partial charge in [0, 0.05) is 15.6 Å². The molecule has 0 fully saturated rings. The molecule has 9 heteroatoms. The Morgan fingerprint density at radius 3 is 2.56 bits per heavy atom. The van der Waals surface area contributed by atoms with E-state index in [1.807, 2.05) is 0 Å². The zero-order valence-corrected chi connectivity index (χ0v) is 18.0. The third kappa shape index (κ3) is 4.02. The molecule has 0 bridgehead atoms. The van der Waals surface area contributed by atoms with E-state index in [2.05, 4.69) is 0 Å². The zero-order valence-electron chi connectivity index (χ0n) is 14.0. The molecule has 0 amide bonds. The summed E-state index contributed by atoms with van der Waals surface area (Å²) in [7, 11) is -3.79. The first-order valence-electron chi connectivity index (χ1n) is 7.57. The molecule has 0 saturated carbocycles. The molecule has 0 radical (unpaired) electrons. The molecule has 0 aliphatic heterocycles. The van der Waals surface area contributed by atoms with Gasteiger partial charge in [0.05, 0.1) is 18.9 Å². The van der Waals surface area contributed by atoms with Crippen molar-refractivity contribution in [1.82, 2.24) is 0 Å². The van der Waals surface area contributed by atoms with Gasteiger partial charge in [0.1, 0.15) is 5.84 Å². The van der Waals surface area contributed by atoms with Crippen molar-refractivity contribution >= 4 is 62.0 Å². The fourth-order valence-corrected chi connectivity index (χ4v) is 6.80. The SMILES string of the molecule is CSc1sc(C(=N)N)cc1S(=O)(=O)c1cccc(-c2cc(Cl)ccc2Cl)c1. The van der Waals surface area contributed by atoms with Gasteiger partial charge in [-0.2, -0.15) is 0 Å². The molecule has 4 nitrogen and oxygen atoms in total. The van der Waals surface area contributed by atoms with Gasteiger partial charge in [-0.3, -0.25) is 5.41 Å². The molecule has 1 aromatic heterocycles. The summed E-state index contributed by atoms with van der Waals surface area (Å²) in [5.74, 6) is -0.156. The smallest absolute Gasteiger partial charge is 0.208 e. The van der Waals surface area contributed by atoms with E-state index in [4.69, 9.17) is 34.3 Å². The predicted octanol–water partition coefficient (Wildman–Crippen LogP) is 5.56. The fourth-order valence-electron chi connectivity index (χ4n) is 2.50. The van der Waals surface area contributed by atoms with Crippen molar-refractivity contribution in [2.45, 2.75) is 14.0 Å². The van der Waals surface area contributed by atoms with E-state index in [0.29, 0.717) is 30.3 Å². The summed E-state index contributed by atoms with van der Waals surface area (Å²) in [6, 6.07) is 13.0. The Hall–Kier alpha value is -1.51. The molecular formula is C18H14Cl2N2O2S3. The van der Waals surface area contributed by atoms with E-state index in [0.717, 1.165) is 0 Å². The maximum Gasteiger partial charge on any atom is 0.208 e. The van der Waals surface area contributed by atoms with Gasteiger partial charge in [-0.05, 0) is 48.2 Å². The maximum atomic E-state index is 13.2. The molecule has 27 heavy (non-hydrogen) atoms. The van der Waals surface area contributed by atoms with E-state index >= 15 is 0 Å². The van der Waals surface area contributed by atoms with Gasteiger partial charge < -0.3 is 5.73 Å². The van der Waals surface area contributed by atoms with Crippen molar-refractivity contribution in [1.29, 1.82) is 5.41 Å². The second kappa shape index (κ2) is 7.85. The highest BCUT2D eigenvalue weighted by Gasteiger charge is 2.25. The number of thioether (sulfide) groups is 1. The molecule has 140 valence electrons. The standard InChI is InChI=1S/C18H14Cl2N2O2S3/c1-25-18-16(9-15(26-18)17(21)22)27(23,24)12-4-2-3-10(7-12)13-8-11(19)5-6-14(13)20/h2-9H,1H3,(H3,21,22). The first kappa shape index (κ1) is 20.2. The Balaban J connectivity index is 2.14. The highest BCUT2D eigenvalue weighted by Crippen LogP contribution is 2.38. The molecule has 3 rings (SSSR count). The summed E-state index contributed by atoms with van der Waals surface area (Å²) >= 11 is 14.8. The van der Waals surface area contributed by atoms with Crippen molar-refractivity contribution < 1.29 is 8.42 Å². The van der Waals surface area contributed by atoms with Crippen molar-refractivity contribution in [3.63, 3.8) is 0 Å². The van der Waals surface area contributed by atoms with Crippen LogP contribution in [0.5, 0.6) is 0 Å². The normalized spacial score (nSPS) is 11.5. The first-order valence-corrected chi connectivity index (χ1v) is 11.8. The largest absolute Gasteiger partial charge is 0.383 e. The minimum absolute atomic E-state index is 0.138. The molecule has 3 aromatic rings. The maximum absolute atomic E-state index is 13.2. The van der Waals surface area contributed by atoms with E-state index in [1.165, 1.54) is 35.2 Å². The van der Waals surface area contributed by atoms with Crippen LogP contribution in [0, 0.1) is 5.41 Å². The van der Waals surface area contributed by atoms with Crippen LogP contribution >= 0.6 is 46.3 Å². The second-order valence-corrected chi connectivity index (χ2v) is 10.4. The Morgan fingerprint density at radius 1 is 1.15 bits per heavy atom. The lowest BCUT2D eigenvalue weighted by molar-refractivity contribution is 0.595. The van der Waals surface area contributed by atoms with Crippen molar-refractivity contribution in [2.24, 2.45) is 5.73 Å². The molecule has 2 aromatic carbocycles. The van der Waals surface area contributed by atoms with Gasteiger partial charge in [0.25, 0.3) is 0 Å². The number of sulfone groups is 1. The minimum Gasteiger partial charge on any atom is -0.383 e. The molecule has 1 heterocycles. The molecule has 0 aliphatic carbocycles. The van der Waals surface area contributed by atoms with E-state index in [1.54, 1.807) is 42.7 Å². The number of nitrogen functional groups attached to an aromatic ring is 1. The van der Waals surface area contributed by atoms with Crippen LogP contribution in [0.3, 0.4) is 0 Å². The second-order valence-electron chi connectivity index (χ2n) is 5.54. The lowest BCUT2D eigenvalue weighted by Crippen LogP contribution is -2.08. The van der Waals surface area contributed by atoms with Crippen LogP contribution in [-0.2, 0) is 9.84 Å². The lowest BCUT2D eigenvalue weighted by Gasteiger charge is -2.09. The highest BCUT2D eigenvalue weighted by molar-refractivity contribution is 8.01. The number of rotatable bonds is 5. The predicted molar refractivity (Wildman–Crippen MR) is 114 cm³/mol. The van der Waals surface area contributed by atoms with E-state index < -0.39 is 9.84 Å². The third-order valence-electron chi connectivity index (χ3n) is 3.79. The van der Waals surface area contributed by atoms with Crippen LogP contribution in [-0.4, -0.2) is 20.5 Å². The van der Waals surface area contributed by atoms with Gasteiger partial charge in [-0.1, -0.05) is 35.3 Å². The summed E-state index contributed by atoms with van der Waals surface area (Å²) in [6.45, 7) is 0. The van der Waals surface area contributed by atoms with Crippen molar-refractivity contribution in [3.05, 3.63) is 63.5 Å². The number of thiophene rings is 1. The van der Waals surface area contributed by atoms with Gasteiger partial charge in [0.2, 0.25) is 9.84 Å². The van der Waals surface area contributed by atoms with E-state index in [-0.39, 0.29) is 15.6 Å². The van der Waals surface area contributed by atoms with Crippen LogP contribution in [0.25, 0.3) is 11.1 Å². The summed E-state index contributed by atoms with van der Waals surface area (Å²) in [5.41, 5.74) is 6.83. The average Bonchev–Trinajstić information content (AvgIpc) is 3.09.